The van der Waals surface area contributed by atoms with Crippen molar-refractivity contribution in [2.75, 3.05) is 13.7 Å². The van der Waals surface area contributed by atoms with Crippen molar-refractivity contribution in [3.05, 3.63) is 26.8 Å². The molecule has 5 heteroatoms. The van der Waals surface area contributed by atoms with Crippen molar-refractivity contribution in [3.8, 4) is 23.6 Å². The molecule has 4 nitrogen and oxygen atoms in total. The molecule has 0 aliphatic heterocycles. The van der Waals surface area contributed by atoms with Gasteiger partial charge in [0.05, 0.1) is 17.3 Å². The van der Waals surface area contributed by atoms with Gasteiger partial charge in [-0.2, -0.15) is 10.5 Å². The minimum Gasteiger partial charge on any atom is -0.493 e. The molecule has 0 saturated heterocycles. The van der Waals surface area contributed by atoms with Crippen LogP contribution in [0, 0.1) is 26.2 Å². The molecule has 0 saturated carbocycles. The Morgan fingerprint density at radius 1 is 1.37 bits per heavy atom. The summed E-state index contributed by atoms with van der Waals surface area (Å²) in [6, 6.07) is 7.26. The Morgan fingerprint density at radius 3 is 2.58 bits per heavy atom. The van der Waals surface area contributed by atoms with Crippen LogP contribution in [0.4, 0.5) is 0 Å². The van der Waals surface area contributed by atoms with Crippen molar-refractivity contribution in [2.24, 2.45) is 0 Å². The monoisotopic (exact) mass is 368 g/mol. The van der Waals surface area contributed by atoms with Crippen LogP contribution in [-0.4, -0.2) is 13.7 Å². The summed E-state index contributed by atoms with van der Waals surface area (Å²) in [6.07, 6.45) is 2.43. The number of hydrogen-bond acceptors (Lipinski definition) is 4. The molecular formula is C14H13IN2O2. The molecule has 0 heterocycles. The van der Waals surface area contributed by atoms with Crippen LogP contribution in [0.15, 0.2) is 17.7 Å². The number of ether oxygens (including phenoxy) is 2. The maximum atomic E-state index is 8.76. The summed E-state index contributed by atoms with van der Waals surface area (Å²) in [5.41, 5.74) is 0.795. The van der Waals surface area contributed by atoms with Gasteiger partial charge in [0.15, 0.2) is 11.5 Å². The van der Waals surface area contributed by atoms with Gasteiger partial charge in [0.25, 0.3) is 0 Å². The molecule has 0 aliphatic carbocycles. The minimum absolute atomic E-state index is 0.0556. The number of rotatable bonds is 5. The van der Waals surface area contributed by atoms with Gasteiger partial charge < -0.3 is 9.47 Å². The van der Waals surface area contributed by atoms with E-state index in [9.17, 15) is 0 Å². The zero-order chi connectivity index (χ0) is 14.3. The van der Waals surface area contributed by atoms with Crippen LogP contribution >= 0.6 is 22.6 Å². The Kier molecular flexibility index (Phi) is 6.17. The van der Waals surface area contributed by atoms with Crippen LogP contribution in [0.5, 0.6) is 11.5 Å². The lowest BCUT2D eigenvalue weighted by molar-refractivity contribution is 0.292. The van der Waals surface area contributed by atoms with Gasteiger partial charge in [0.2, 0.25) is 0 Å². The Balaban J connectivity index is 3.21. The molecule has 98 valence electrons. The lowest BCUT2D eigenvalue weighted by atomic mass is 10.1. The van der Waals surface area contributed by atoms with Crippen molar-refractivity contribution in [3.63, 3.8) is 0 Å². The Bertz CT molecular complexity index is 552. The van der Waals surface area contributed by atoms with Crippen LogP contribution in [-0.2, 0) is 0 Å². The highest BCUT2D eigenvalue weighted by Gasteiger charge is 2.11. The first-order chi connectivity index (χ1) is 9.15. The van der Waals surface area contributed by atoms with Crippen molar-refractivity contribution < 1.29 is 9.47 Å². The second-order valence-electron chi connectivity index (χ2n) is 3.66. The van der Waals surface area contributed by atoms with Gasteiger partial charge in [0.1, 0.15) is 17.7 Å². The van der Waals surface area contributed by atoms with E-state index in [-0.39, 0.29) is 5.57 Å². The SMILES string of the molecule is CCCOc1c(I)cc(C=C(C#N)C#N)cc1OC. The van der Waals surface area contributed by atoms with Crippen LogP contribution in [0.25, 0.3) is 6.08 Å². The van der Waals surface area contributed by atoms with Crippen LogP contribution in [0.1, 0.15) is 18.9 Å². The highest BCUT2D eigenvalue weighted by Crippen LogP contribution is 2.34. The van der Waals surface area contributed by atoms with E-state index in [4.69, 9.17) is 20.0 Å². The van der Waals surface area contributed by atoms with Gasteiger partial charge in [-0.3, -0.25) is 0 Å². The largest absolute Gasteiger partial charge is 0.493 e. The van der Waals surface area contributed by atoms with Crippen molar-refractivity contribution in [1.82, 2.24) is 0 Å². The molecule has 0 atom stereocenters. The maximum absolute atomic E-state index is 8.76. The van der Waals surface area contributed by atoms with E-state index >= 15 is 0 Å². The number of nitriles is 2. The maximum Gasteiger partial charge on any atom is 0.174 e. The zero-order valence-electron chi connectivity index (χ0n) is 10.7. The summed E-state index contributed by atoms with van der Waals surface area (Å²) in [6.45, 7) is 2.64. The molecule has 0 spiro atoms. The predicted octanol–water partition coefficient (Wildman–Crippen LogP) is 3.52. The average Bonchev–Trinajstić information content (AvgIpc) is 2.43. The summed E-state index contributed by atoms with van der Waals surface area (Å²) in [5.74, 6) is 1.29. The van der Waals surface area contributed by atoms with E-state index in [1.807, 2.05) is 25.1 Å². The number of methoxy groups -OCH3 is 1. The Hall–Kier alpha value is -1.73. The van der Waals surface area contributed by atoms with Crippen molar-refractivity contribution in [1.29, 1.82) is 10.5 Å². The van der Waals surface area contributed by atoms with E-state index in [1.165, 1.54) is 6.08 Å². The van der Waals surface area contributed by atoms with Gasteiger partial charge in [-0.05, 0) is 52.8 Å². The first-order valence-corrected chi connectivity index (χ1v) is 6.76. The second kappa shape index (κ2) is 7.65. The van der Waals surface area contributed by atoms with E-state index in [0.29, 0.717) is 18.1 Å². The third-order valence-corrected chi connectivity index (χ3v) is 3.06. The van der Waals surface area contributed by atoms with E-state index in [0.717, 1.165) is 15.6 Å². The lowest BCUT2D eigenvalue weighted by Crippen LogP contribution is -2.00. The quantitative estimate of drug-likeness (QED) is 0.589. The highest BCUT2D eigenvalue weighted by molar-refractivity contribution is 14.1. The number of hydrogen-bond donors (Lipinski definition) is 0. The van der Waals surface area contributed by atoms with E-state index in [2.05, 4.69) is 22.6 Å². The zero-order valence-corrected chi connectivity index (χ0v) is 12.9. The second-order valence-corrected chi connectivity index (χ2v) is 4.83. The molecule has 0 aromatic heterocycles. The normalized spacial score (nSPS) is 9.11. The molecule has 1 aromatic carbocycles. The molecule has 19 heavy (non-hydrogen) atoms. The smallest absolute Gasteiger partial charge is 0.174 e. The number of nitrogens with zero attached hydrogens (tertiary/aromatic N) is 2. The van der Waals surface area contributed by atoms with Gasteiger partial charge in [0, 0.05) is 0 Å². The Morgan fingerprint density at radius 2 is 2.05 bits per heavy atom. The molecule has 1 aromatic rings. The molecule has 0 aliphatic rings. The Labute approximate surface area is 126 Å². The first kappa shape index (κ1) is 15.3. The molecular weight excluding hydrogens is 355 g/mol. The predicted molar refractivity (Wildman–Crippen MR) is 80.7 cm³/mol. The standard InChI is InChI=1S/C14H13IN2O2/c1-3-4-19-14-12(15)6-10(7-13(14)18-2)5-11(8-16)9-17/h5-7H,3-4H2,1-2H3. The first-order valence-electron chi connectivity index (χ1n) is 5.68. The van der Waals surface area contributed by atoms with Crippen LogP contribution in [0.3, 0.4) is 0 Å². The fourth-order valence-electron chi connectivity index (χ4n) is 1.42. The average molecular weight is 368 g/mol. The van der Waals surface area contributed by atoms with E-state index in [1.54, 1.807) is 13.2 Å². The third-order valence-electron chi connectivity index (χ3n) is 2.25. The summed E-state index contributed by atoms with van der Waals surface area (Å²) < 4.78 is 11.8. The summed E-state index contributed by atoms with van der Waals surface area (Å²) in [7, 11) is 1.56. The highest BCUT2D eigenvalue weighted by atomic mass is 127. The van der Waals surface area contributed by atoms with Crippen LogP contribution < -0.4 is 9.47 Å². The fourth-order valence-corrected chi connectivity index (χ4v) is 2.20. The molecule has 0 fully saturated rings. The van der Waals surface area contributed by atoms with Crippen LogP contribution in [0.2, 0.25) is 0 Å². The molecule has 1 rings (SSSR count). The molecule has 0 amide bonds. The van der Waals surface area contributed by atoms with Crippen molar-refractivity contribution in [2.45, 2.75) is 13.3 Å². The number of halogens is 1. The summed E-state index contributed by atoms with van der Waals surface area (Å²) in [4.78, 5) is 0. The van der Waals surface area contributed by atoms with Gasteiger partial charge in [-0.15, -0.1) is 0 Å². The molecule has 0 radical (unpaired) electrons. The molecule has 0 N–H and O–H groups in total. The molecule has 0 bridgehead atoms. The van der Waals surface area contributed by atoms with Crippen molar-refractivity contribution >= 4 is 28.7 Å². The van der Waals surface area contributed by atoms with Gasteiger partial charge in [-0.25, -0.2) is 0 Å². The lowest BCUT2D eigenvalue weighted by Gasteiger charge is -2.12. The van der Waals surface area contributed by atoms with Gasteiger partial charge in [-0.1, -0.05) is 6.92 Å². The minimum atomic E-state index is 0.0556. The number of benzene rings is 1. The summed E-state index contributed by atoms with van der Waals surface area (Å²) >= 11 is 2.15. The molecule has 0 unspecified atom stereocenters. The van der Waals surface area contributed by atoms with Gasteiger partial charge >= 0.3 is 0 Å². The summed E-state index contributed by atoms with van der Waals surface area (Å²) in [5, 5.41) is 17.5. The number of allylic oxidation sites excluding steroid dienone is 1. The fraction of sp³-hybridized carbons (Fsp3) is 0.286. The third kappa shape index (κ3) is 4.15. The van der Waals surface area contributed by atoms with E-state index < -0.39 is 0 Å². The topological polar surface area (TPSA) is 66.0 Å².